The number of urea groups is 1. The van der Waals surface area contributed by atoms with Gasteiger partial charge in [-0.3, -0.25) is 0 Å². The number of likely N-dealkylation sites (tertiary alicyclic amines) is 1. The van der Waals surface area contributed by atoms with Crippen molar-refractivity contribution in [3.63, 3.8) is 0 Å². The Bertz CT molecular complexity index is 334. The summed E-state index contributed by atoms with van der Waals surface area (Å²) in [5.74, 6) is -0.235. The first-order valence-electron chi connectivity index (χ1n) is 6.63. The number of hydrogen-bond donors (Lipinski definition) is 2. The van der Waals surface area contributed by atoms with E-state index in [1.54, 1.807) is 16.7 Å². The Morgan fingerprint density at radius 1 is 1.47 bits per heavy atom. The largest absolute Gasteiger partial charge is 0.480 e. The predicted octanol–water partition coefficient (Wildman–Crippen LogP) is 2.02. The van der Waals surface area contributed by atoms with E-state index in [9.17, 15) is 9.59 Å². The molecular formula is C13H24N2O3S. The number of carbonyl (C=O) groups excluding carboxylic acids is 1. The predicted molar refractivity (Wildman–Crippen MR) is 77.5 cm³/mol. The van der Waals surface area contributed by atoms with Gasteiger partial charge in [0.2, 0.25) is 0 Å². The van der Waals surface area contributed by atoms with Crippen molar-refractivity contribution in [2.24, 2.45) is 5.41 Å². The minimum Gasteiger partial charge on any atom is -0.480 e. The number of amides is 2. The molecule has 2 N–H and O–H groups in total. The molecule has 1 heterocycles. The van der Waals surface area contributed by atoms with Gasteiger partial charge in [0.25, 0.3) is 0 Å². The summed E-state index contributed by atoms with van der Waals surface area (Å²) in [6, 6.07) is -1.04. The first kappa shape index (κ1) is 16.1. The molecule has 1 aliphatic rings. The smallest absolute Gasteiger partial charge is 0.326 e. The second-order valence-corrected chi connectivity index (χ2v) is 6.80. The van der Waals surface area contributed by atoms with Crippen LogP contribution in [0.25, 0.3) is 0 Å². The molecule has 5 nitrogen and oxygen atoms in total. The number of aliphatic carboxylic acids is 1. The minimum atomic E-state index is -0.960. The highest BCUT2D eigenvalue weighted by Gasteiger charge is 2.30. The van der Waals surface area contributed by atoms with Crippen molar-refractivity contribution in [3.05, 3.63) is 0 Å². The zero-order valence-corrected chi connectivity index (χ0v) is 12.8. The molecule has 0 unspecified atom stereocenters. The Balaban J connectivity index is 2.54. The van der Waals surface area contributed by atoms with Crippen LogP contribution in [0.2, 0.25) is 0 Å². The van der Waals surface area contributed by atoms with E-state index in [1.807, 2.05) is 6.26 Å². The van der Waals surface area contributed by atoms with Crippen molar-refractivity contribution < 1.29 is 14.7 Å². The third kappa shape index (κ3) is 5.30. The standard InChI is InChI=1S/C13H24N2O3S/c1-13(2)6-4-7-15(9-13)12(18)14-10(11(16)17)5-8-19-3/h10H,4-9H2,1-3H3,(H,14,18)(H,16,17)/t10-/m0/s1. The molecule has 0 saturated carbocycles. The molecule has 0 aliphatic carbocycles. The van der Waals surface area contributed by atoms with Gasteiger partial charge >= 0.3 is 12.0 Å². The van der Waals surface area contributed by atoms with Gasteiger partial charge in [-0.25, -0.2) is 9.59 Å². The number of hydrogen-bond acceptors (Lipinski definition) is 3. The van der Waals surface area contributed by atoms with Crippen molar-refractivity contribution in [1.29, 1.82) is 0 Å². The summed E-state index contributed by atoms with van der Waals surface area (Å²) in [4.78, 5) is 25.0. The lowest BCUT2D eigenvalue weighted by Gasteiger charge is -2.38. The van der Waals surface area contributed by atoms with Crippen molar-refractivity contribution in [1.82, 2.24) is 10.2 Å². The second kappa shape index (κ2) is 7.03. The van der Waals surface area contributed by atoms with E-state index in [2.05, 4.69) is 19.2 Å². The molecule has 0 aromatic rings. The van der Waals surface area contributed by atoms with Gasteiger partial charge in [0.05, 0.1) is 0 Å². The SMILES string of the molecule is CSCC[C@H](NC(=O)N1CCCC(C)(C)C1)C(=O)O. The Labute approximate surface area is 119 Å². The molecule has 1 atom stereocenters. The van der Waals surface area contributed by atoms with Crippen LogP contribution in [0.3, 0.4) is 0 Å². The normalized spacial score (nSPS) is 19.8. The van der Waals surface area contributed by atoms with Crippen LogP contribution in [0.1, 0.15) is 33.1 Å². The minimum absolute atomic E-state index is 0.119. The van der Waals surface area contributed by atoms with Crippen molar-refractivity contribution >= 4 is 23.8 Å². The summed E-state index contributed by atoms with van der Waals surface area (Å²) in [7, 11) is 0. The molecule has 1 saturated heterocycles. The zero-order chi connectivity index (χ0) is 14.5. The summed E-state index contributed by atoms with van der Waals surface area (Å²) >= 11 is 1.58. The van der Waals surface area contributed by atoms with E-state index in [-0.39, 0.29) is 11.4 Å². The summed E-state index contributed by atoms with van der Waals surface area (Å²) in [6.07, 6.45) is 4.46. The summed E-state index contributed by atoms with van der Waals surface area (Å²) in [6.45, 7) is 5.67. The Morgan fingerprint density at radius 2 is 2.16 bits per heavy atom. The van der Waals surface area contributed by atoms with Crippen molar-refractivity contribution in [3.8, 4) is 0 Å². The lowest BCUT2D eigenvalue weighted by atomic mass is 9.84. The highest BCUT2D eigenvalue weighted by Crippen LogP contribution is 2.28. The van der Waals surface area contributed by atoms with Crippen LogP contribution >= 0.6 is 11.8 Å². The van der Waals surface area contributed by atoms with E-state index in [0.29, 0.717) is 19.5 Å². The number of piperidine rings is 1. The van der Waals surface area contributed by atoms with Gasteiger partial charge in [-0.1, -0.05) is 13.8 Å². The Hall–Kier alpha value is -0.910. The molecule has 0 bridgehead atoms. The number of nitrogens with zero attached hydrogens (tertiary/aromatic N) is 1. The molecule has 1 fully saturated rings. The molecule has 19 heavy (non-hydrogen) atoms. The molecule has 1 rings (SSSR count). The van der Waals surface area contributed by atoms with Crippen LogP contribution in [0.5, 0.6) is 0 Å². The van der Waals surface area contributed by atoms with Crippen molar-refractivity contribution in [2.45, 2.75) is 39.2 Å². The van der Waals surface area contributed by atoms with Gasteiger partial charge in [0, 0.05) is 13.1 Å². The fraction of sp³-hybridized carbons (Fsp3) is 0.846. The van der Waals surface area contributed by atoms with Gasteiger partial charge in [0.15, 0.2) is 0 Å². The Kier molecular flexibility index (Phi) is 5.97. The van der Waals surface area contributed by atoms with E-state index in [4.69, 9.17) is 5.11 Å². The van der Waals surface area contributed by atoms with Crippen LogP contribution in [-0.4, -0.2) is 53.1 Å². The third-order valence-corrected chi connectivity index (χ3v) is 4.04. The van der Waals surface area contributed by atoms with Gasteiger partial charge in [0.1, 0.15) is 6.04 Å². The first-order valence-corrected chi connectivity index (χ1v) is 8.02. The molecule has 110 valence electrons. The maximum absolute atomic E-state index is 12.1. The van der Waals surface area contributed by atoms with Crippen molar-refractivity contribution in [2.75, 3.05) is 25.1 Å². The zero-order valence-electron chi connectivity index (χ0n) is 11.9. The molecule has 0 spiro atoms. The second-order valence-electron chi connectivity index (χ2n) is 5.81. The average Bonchev–Trinajstić information content (AvgIpc) is 2.32. The fourth-order valence-electron chi connectivity index (χ4n) is 2.33. The molecule has 2 amide bonds. The molecule has 0 aromatic carbocycles. The molecule has 1 aliphatic heterocycles. The van der Waals surface area contributed by atoms with Crippen LogP contribution in [0.15, 0.2) is 0 Å². The summed E-state index contributed by atoms with van der Waals surface area (Å²) < 4.78 is 0. The monoisotopic (exact) mass is 288 g/mol. The lowest BCUT2D eigenvalue weighted by molar-refractivity contribution is -0.139. The third-order valence-electron chi connectivity index (χ3n) is 3.39. The number of rotatable bonds is 5. The van der Waals surface area contributed by atoms with Gasteiger partial charge < -0.3 is 15.3 Å². The van der Waals surface area contributed by atoms with E-state index < -0.39 is 12.0 Å². The number of thioether (sulfide) groups is 1. The maximum Gasteiger partial charge on any atom is 0.326 e. The van der Waals surface area contributed by atoms with Crippen LogP contribution in [-0.2, 0) is 4.79 Å². The molecule has 0 radical (unpaired) electrons. The van der Waals surface area contributed by atoms with Crippen LogP contribution in [0, 0.1) is 5.41 Å². The number of nitrogens with one attached hydrogen (secondary N) is 1. The van der Waals surface area contributed by atoms with E-state index >= 15 is 0 Å². The molecule has 6 heteroatoms. The average molecular weight is 288 g/mol. The summed E-state index contributed by atoms with van der Waals surface area (Å²) in [5, 5.41) is 11.7. The topological polar surface area (TPSA) is 69.6 Å². The fourth-order valence-corrected chi connectivity index (χ4v) is 2.80. The number of carboxylic acid groups (broad SMARTS) is 1. The molecular weight excluding hydrogens is 264 g/mol. The number of carbonyl (C=O) groups is 2. The van der Waals surface area contributed by atoms with Gasteiger partial charge in [-0.2, -0.15) is 11.8 Å². The lowest BCUT2D eigenvalue weighted by Crippen LogP contribution is -2.52. The van der Waals surface area contributed by atoms with Crippen LogP contribution < -0.4 is 5.32 Å². The molecule has 0 aromatic heterocycles. The van der Waals surface area contributed by atoms with Gasteiger partial charge in [-0.15, -0.1) is 0 Å². The summed E-state index contributed by atoms with van der Waals surface area (Å²) in [5.41, 5.74) is 0.119. The van der Waals surface area contributed by atoms with E-state index in [0.717, 1.165) is 18.6 Å². The quantitative estimate of drug-likeness (QED) is 0.812. The van der Waals surface area contributed by atoms with Crippen LogP contribution in [0.4, 0.5) is 4.79 Å². The Morgan fingerprint density at radius 3 is 2.68 bits per heavy atom. The van der Waals surface area contributed by atoms with Gasteiger partial charge in [-0.05, 0) is 36.7 Å². The van der Waals surface area contributed by atoms with E-state index in [1.165, 1.54) is 0 Å². The maximum atomic E-state index is 12.1. The highest BCUT2D eigenvalue weighted by molar-refractivity contribution is 7.98. The number of carboxylic acids is 1. The highest BCUT2D eigenvalue weighted by atomic mass is 32.2. The first-order chi connectivity index (χ1) is 8.85.